The van der Waals surface area contributed by atoms with Crippen LogP contribution in [0.25, 0.3) is 0 Å². The van der Waals surface area contributed by atoms with Gasteiger partial charge >= 0.3 is 0 Å². The molecular weight excluding hydrogens is 344 g/mol. The van der Waals surface area contributed by atoms with Gasteiger partial charge in [-0.05, 0) is 37.5 Å². The fraction of sp³-hybridized carbons (Fsp3) is 0.353. The Morgan fingerprint density at radius 1 is 1.36 bits per heavy atom. The van der Waals surface area contributed by atoms with Crippen LogP contribution in [-0.2, 0) is 4.74 Å². The van der Waals surface area contributed by atoms with Crippen LogP contribution in [0, 0.1) is 0 Å². The molecule has 1 aliphatic rings. The minimum atomic E-state index is -0.480. The number of nitrogen functional groups attached to an aromatic ring is 1. The number of hydrogen-bond donors (Lipinski definition) is 2. The summed E-state index contributed by atoms with van der Waals surface area (Å²) in [5.74, 6) is 0.0844. The van der Waals surface area contributed by atoms with Gasteiger partial charge in [0, 0.05) is 24.0 Å². The van der Waals surface area contributed by atoms with E-state index >= 15 is 0 Å². The SMILES string of the molecule is Nc1nccnc1C(=O)Nc1cc(Cl)ccc1OC[C@@H]1CCCCO1. The Kier molecular flexibility index (Phi) is 5.67. The summed E-state index contributed by atoms with van der Waals surface area (Å²) in [6.45, 7) is 1.17. The maximum atomic E-state index is 12.4. The summed E-state index contributed by atoms with van der Waals surface area (Å²) in [5, 5.41) is 3.20. The van der Waals surface area contributed by atoms with Crippen molar-refractivity contribution in [2.24, 2.45) is 0 Å². The summed E-state index contributed by atoms with van der Waals surface area (Å²) in [6.07, 6.45) is 6.06. The molecule has 1 aliphatic heterocycles. The summed E-state index contributed by atoms with van der Waals surface area (Å²) < 4.78 is 11.5. The molecule has 7 nitrogen and oxygen atoms in total. The van der Waals surface area contributed by atoms with Crippen LogP contribution in [0.5, 0.6) is 5.75 Å². The quantitative estimate of drug-likeness (QED) is 0.848. The molecule has 8 heteroatoms. The van der Waals surface area contributed by atoms with Gasteiger partial charge in [0.05, 0.1) is 11.8 Å². The Bertz CT molecular complexity index is 750. The van der Waals surface area contributed by atoms with Crippen molar-refractivity contribution in [2.75, 3.05) is 24.3 Å². The maximum Gasteiger partial charge on any atom is 0.278 e. The lowest BCUT2D eigenvalue weighted by Crippen LogP contribution is -2.26. The molecule has 1 fully saturated rings. The molecular formula is C17H19ClN4O3. The predicted octanol–water partition coefficient (Wildman–Crippen LogP) is 2.91. The number of carbonyl (C=O) groups excluding carboxylic acids is 1. The fourth-order valence-electron chi connectivity index (χ4n) is 2.55. The van der Waals surface area contributed by atoms with E-state index in [4.69, 9.17) is 26.8 Å². The second kappa shape index (κ2) is 8.13. The van der Waals surface area contributed by atoms with Gasteiger partial charge in [-0.2, -0.15) is 0 Å². The van der Waals surface area contributed by atoms with Crippen molar-refractivity contribution in [3.8, 4) is 5.75 Å². The summed E-state index contributed by atoms with van der Waals surface area (Å²) >= 11 is 6.04. The van der Waals surface area contributed by atoms with Crippen LogP contribution in [0.15, 0.2) is 30.6 Å². The molecule has 0 aliphatic carbocycles. The zero-order valence-corrected chi connectivity index (χ0v) is 14.3. The summed E-state index contributed by atoms with van der Waals surface area (Å²) in [4.78, 5) is 20.2. The highest BCUT2D eigenvalue weighted by Gasteiger charge is 2.18. The molecule has 0 radical (unpaired) electrons. The average molecular weight is 363 g/mol. The van der Waals surface area contributed by atoms with E-state index in [9.17, 15) is 4.79 Å². The van der Waals surface area contributed by atoms with Crippen LogP contribution >= 0.6 is 11.6 Å². The van der Waals surface area contributed by atoms with E-state index in [1.165, 1.54) is 12.4 Å². The normalized spacial score (nSPS) is 17.1. The highest BCUT2D eigenvalue weighted by Crippen LogP contribution is 2.29. The number of aromatic nitrogens is 2. The first-order valence-corrected chi connectivity index (χ1v) is 8.43. The number of nitrogens with zero attached hydrogens (tertiary/aromatic N) is 2. The van der Waals surface area contributed by atoms with Crippen LogP contribution in [0.3, 0.4) is 0 Å². The van der Waals surface area contributed by atoms with Gasteiger partial charge in [0.15, 0.2) is 11.5 Å². The van der Waals surface area contributed by atoms with E-state index in [1.807, 2.05) is 0 Å². The monoisotopic (exact) mass is 362 g/mol. The van der Waals surface area contributed by atoms with E-state index in [1.54, 1.807) is 18.2 Å². The molecule has 2 aromatic rings. The maximum absolute atomic E-state index is 12.4. The van der Waals surface area contributed by atoms with Crippen LogP contribution in [0.4, 0.5) is 11.5 Å². The summed E-state index contributed by atoms with van der Waals surface area (Å²) in [5.41, 5.74) is 6.18. The van der Waals surface area contributed by atoms with Gasteiger partial charge in [-0.25, -0.2) is 9.97 Å². The lowest BCUT2D eigenvalue weighted by Gasteiger charge is -2.23. The zero-order valence-electron chi connectivity index (χ0n) is 13.6. The van der Waals surface area contributed by atoms with Crippen LogP contribution in [0.1, 0.15) is 29.8 Å². The number of amides is 1. The Morgan fingerprint density at radius 2 is 2.20 bits per heavy atom. The molecule has 1 aromatic heterocycles. The van der Waals surface area contributed by atoms with Crippen LogP contribution < -0.4 is 15.8 Å². The zero-order chi connectivity index (χ0) is 17.6. The third-order valence-corrected chi connectivity index (χ3v) is 4.07. The van der Waals surface area contributed by atoms with E-state index in [0.29, 0.717) is 23.1 Å². The topological polar surface area (TPSA) is 99.4 Å². The highest BCUT2D eigenvalue weighted by molar-refractivity contribution is 6.31. The van der Waals surface area contributed by atoms with Crippen molar-refractivity contribution in [2.45, 2.75) is 25.4 Å². The molecule has 1 saturated heterocycles. The number of hydrogen-bond acceptors (Lipinski definition) is 6. The first kappa shape index (κ1) is 17.4. The minimum absolute atomic E-state index is 0.0454. The van der Waals surface area contributed by atoms with Crippen molar-refractivity contribution in [1.29, 1.82) is 0 Å². The molecule has 2 heterocycles. The number of ether oxygens (including phenoxy) is 2. The third-order valence-electron chi connectivity index (χ3n) is 3.83. The second-order valence-corrected chi connectivity index (χ2v) is 6.12. The molecule has 25 heavy (non-hydrogen) atoms. The fourth-order valence-corrected chi connectivity index (χ4v) is 2.72. The Labute approximate surface area is 150 Å². The average Bonchev–Trinajstić information content (AvgIpc) is 2.62. The van der Waals surface area contributed by atoms with Crippen LogP contribution in [-0.4, -0.2) is 35.2 Å². The van der Waals surface area contributed by atoms with Gasteiger partial charge < -0.3 is 20.5 Å². The van der Waals surface area contributed by atoms with Gasteiger partial charge in [0.25, 0.3) is 5.91 Å². The molecule has 1 aromatic carbocycles. The first-order chi connectivity index (χ1) is 12.1. The largest absolute Gasteiger partial charge is 0.489 e. The molecule has 1 atom stereocenters. The van der Waals surface area contributed by atoms with Gasteiger partial charge in [-0.1, -0.05) is 11.6 Å². The molecule has 0 bridgehead atoms. The Morgan fingerprint density at radius 3 is 2.96 bits per heavy atom. The Balaban J connectivity index is 1.72. The standard InChI is InChI=1S/C17H19ClN4O3/c18-11-4-5-14(25-10-12-3-1-2-8-24-12)13(9-11)22-17(23)15-16(19)21-7-6-20-15/h4-7,9,12H,1-3,8,10H2,(H2,19,21)(H,22,23)/t12-/m0/s1. The van der Waals surface area contributed by atoms with Crippen molar-refractivity contribution in [1.82, 2.24) is 9.97 Å². The highest BCUT2D eigenvalue weighted by atomic mass is 35.5. The second-order valence-electron chi connectivity index (χ2n) is 5.68. The minimum Gasteiger partial charge on any atom is -0.489 e. The number of rotatable bonds is 5. The molecule has 0 unspecified atom stereocenters. The number of nitrogens with one attached hydrogen (secondary N) is 1. The third kappa shape index (κ3) is 4.58. The van der Waals surface area contributed by atoms with Gasteiger partial charge in [0.2, 0.25) is 0 Å². The van der Waals surface area contributed by atoms with E-state index in [-0.39, 0.29) is 17.6 Å². The molecule has 0 spiro atoms. The predicted molar refractivity (Wildman–Crippen MR) is 94.9 cm³/mol. The lowest BCUT2D eigenvalue weighted by atomic mass is 10.1. The van der Waals surface area contributed by atoms with E-state index in [2.05, 4.69) is 15.3 Å². The van der Waals surface area contributed by atoms with E-state index in [0.717, 1.165) is 25.9 Å². The molecule has 132 valence electrons. The Hall–Kier alpha value is -2.38. The number of nitrogens with two attached hydrogens (primary N) is 1. The van der Waals surface area contributed by atoms with E-state index < -0.39 is 5.91 Å². The van der Waals surface area contributed by atoms with Gasteiger partial charge in [-0.3, -0.25) is 4.79 Å². The van der Waals surface area contributed by atoms with Crippen molar-refractivity contribution < 1.29 is 14.3 Å². The smallest absolute Gasteiger partial charge is 0.278 e. The lowest BCUT2D eigenvalue weighted by molar-refractivity contribution is -0.0109. The molecule has 3 rings (SSSR count). The number of halogens is 1. The molecule has 0 saturated carbocycles. The number of benzene rings is 1. The van der Waals surface area contributed by atoms with Crippen LogP contribution in [0.2, 0.25) is 5.02 Å². The van der Waals surface area contributed by atoms with Gasteiger partial charge in [0.1, 0.15) is 12.4 Å². The summed E-state index contributed by atoms with van der Waals surface area (Å²) in [6, 6.07) is 5.02. The summed E-state index contributed by atoms with van der Waals surface area (Å²) in [7, 11) is 0. The van der Waals surface area contributed by atoms with Crippen molar-refractivity contribution >= 4 is 29.0 Å². The number of carbonyl (C=O) groups is 1. The molecule has 1 amide bonds. The molecule has 3 N–H and O–H groups in total. The van der Waals surface area contributed by atoms with Crippen molar-refractivity contribution in [3.05, 3.63) is 41.3 Å². The number of anilines is 2. The first-order valence-electron chi connectivity index (χ1n) is 8.05. The van der Waals surface area contributed by atoms with Gasteiger partial charge in [-0.15, -0.1) is 0 Å². The van der Waals surface area contributed by atoms with Crippen molar-refractivity contribution in [3.63, 3.8) is 0 Å².